The summed E-state index contributed by atoms with van der Waals surface area (Å²) < 4.78 is 11.8. The van der Waals surface area contributed by atoms with Gasteiger partial charge in [-0.1, -0.05) is 41.9 Å². The molecule has 2 aromatic rings. The zero-order valence-corrected chi connectivity index (χ0v) is 19.6. The number of benzene rings is 2. The van der Waals surface area contributed by atoms with Gasteiger partial charge in [0.1, 0.15) is 17.2 Å². The minimum Gasteiger partial charge on any atom is -0.507 e. The highest BCUT2D eigenvalue weighted by atomic mass is 79.9. The van der Waals surface area contributed by atoms with Gasteiger partial charge in [0.15, 0.2) is 0 Å². The van der Waals surface area contributed by atoms with Crippen molar-refractivity contribution in [3.8, 4) is 17.2 Å². The van der Waals surface area contributed by atoms with Crippen LogP contribution in [0.1, 0.15) is 43.7 Å². The van der Waals surface area contributed by atoms with E-state index >= 15 is 0 Å². The summed E-state index contributed by atoms with van der Waals surface area (Å²) >= 11 is 3.53. The molecule has 1 saturated heterocycles. The van der Waals surface area contributed by atoms with Crippen LogP contribution in [0.2, 0.25) is 0 Å². The van der Waals surface area contributed by atoms with Gasteiger partial charge in [-0.15, -0.1) is 0 Å². The first-order valence-corrected chi connectivity index (χ1v) is 11.1. The molecule has 3 unspecified atom stereocenters. The van der Waals surface area contributed by atoms with Gasteiger partial charge < -0.3 is 19.5 Å². The van der Waals surface area contributed by atoms with E-state index in [1.165, 1.54) is 0 Å². The van der Waals surface area contributed by atoms with Gasteiger partial charge in [0, 0.05) is 47.6 Å². The van der Waals surface area contributed by atoms with Crippen molar-refractivity contribution in [1.82, 2.24) is 4.90 Å². The largest absolute Gasteiger partial charge is 0.507 e. The Morgan fingerprint density at radius 2 is 1.87 bits per heavy atom. The fourth-order valence-corrected chi connectivity index (χ4v) is 4.92. The first kappa shape index (κ1) is 22.5. The number of rotatable bonds is 6. The minimum absolute atomic E-state index is 0.0596. The highest BCUT2D eigenvalue weighted by molar-refractivity contribution is 9.10. The summed E-state index contributed by atoms with van der Waals surface area (Å²) in [6.07, 6.45) is 1.40. The number of piperidine rings is 1. The molecule has 0 bridgehead atoms. The van der Waals surface area contributed by atoms with Crippen LogP contribution in [0, 0.1) is 11.8 Å². The summed E-state index contributed by atoms with van der Waals surface area (Å²) in [7, 11) is 3.10. The molecule has 1 heterocycles. The second-order valence-electron chi connectivity index (χ2n) is 8.32. The Balaban J connectivity index is 2.01. The Morgan fingerprint density at radius 3 is 2.47 bits per heavy atom. The first-order chi connectivity index (χ1) is 14.3. The van der Waals surface area contributed by atoms with E-state index in [1.54, 1.807) is 26.4 Å². The van der Waals surface area contributed by atoms with Gasteiger partial charge in [-0.05, 0) is 36.0 Å². The maximum atomic E-state index is 13.3. The van der Waals surface area contributed by atoms with Crippen LogP contribution in [0.25, 0.3) is 0 Å². The predicted molar refractivity (Wildman–Crippen MR) is 121 cm³/mol. The molecule has 0 spiro atoms. The second kappa shape index (κ2) is 9.73. The van der Waals surface area contributed by atoms with Gasteiger partial charge in [-0.3, -0.25) is 4.79 Å². The molecule has 6 heteroatoms. The van der Waals surface area contributed by atoms with Crippen molar-refractivity contribution in [2.45, 2.75) is 32.6 Å². The number of phenols is 1. The van der Waals surface area contributed by atoms with E-state index in [2.05, 4.69) is 29.8 Å². The van der Waals surface area contributed by atoms with E-state index in [-0.39, 0.29) is 24.0 Å². The molecular formula is C24H30BrNO4. The lowest BCUT2D eigenvalue weighted by Crippen LogP contribution is -2.43. The SMILES string of the molecule is COc1cc(O)c(C(CC(=O)N2CC(C)CC(C)C2)c2cccc(Br)c2)c(OC)c1. The third kappa shape index (κ3) is 5.09. The van der Waals surface area contributed by atoms with Crippen LogP contribution in [0.3, 0.4) is 0 Å². The third-order valence-electron chi connectivity index (χ3n) is 5.75. The van der Waals surface area contributed by atoms with Crippen molar-refractivity contribution < 1.29 is 19.4 Å². The maximum Gasteiger partial charge on any atom is 0.223 e. The molecule has 30 heavy (non-hydrogen) atoms. The molecule has 0 aromatic heterocycles. The van der Waals surface area contributed by atoms with E-state index in [9.17, 15) is 9.90 Å². The van der Waals surface area contributed by atoms with Crippen LogP contribution >= 0.6 is 15.9 Å². The van der Waals surface area contributed by atoms with E-state index in [0.717, 1.165) is 29.5 Å². The fourth-order valence-electron chi connectivity index (χ4n) is 4.50. The fraction of sp³-hybridized carbons (Fsp3) is 0.458. The number of amides is 1. The zero-order chi connectivity index (χ0) is 21.8. The molecule has 5 nitrogen and oxygen atoms in total. The summed E-state index contributed by atoms with van der Waals surface area (Å²) in [5.74, 6) is 1.80. The summed E-state index contributed by atoms with van der Waals surface area (Å²) in [4.78, 5) is 15.3. The lowest BCUT2D eigenvalue weighted by atomic mass is 9.85. The van der Waals surface area contributed by atoms with Gasteiger partial charge in [-0.2, -0.15) is 0 Å². The Bertz CT molecular complexity index is 891. The second-order valence-corrected chi connectivity index (χ2v) is 9.23. The Kier molecular flexibility index (Phi) is 7.29. The normalized spacial score (nSPS) is 20.0. The van der Waals surface area contributed by atoms with Crippen molar-refractivity contribution >= 4 is 21.8 Å². The molecule has 1 N–H and O–H groups in total. The molecule has 3 atom stereocenters. The molecule has 0 radical (unpaired) electrons. The molecule has 0 saturated carbocycles. The Labute approximate surface area is 187 Å². The van der Waals surface area contributed by atoms with Crippen LogP contribution in [0.4, 0.5) is 0 Å². The number of carbonyl (C=O) groups excluding carboxylic acids is 1. The average molecular weight is 476 g/mol. The van der Waals surface area contributed by atoms with E-state index in [4.69, 9.17) is 9.47 Å². The Hall–Kier alpha value is -2.21. The van der Waals surface area contributed by atoms with Gasteiger partial charge in [-0.25, -0.2) is 0 Å². The van der Waals surface area contributed by atoms with Crippen LogP contribution in [0.5, 0.6) is 17.2 Å². The molecule has 2 aromatic carbocycles. The molecular weight excluding hydrogens is 446 g/mol. The van der Waals surface area contributed by atoms with E-state index in [0.29, 0.717) is 28.9 Å². The molecule has 1 fully saturated rings. The molecule has 162 valence electrons. The summed E-state index contributed by atoms with van der Waals surface area (Å²) in [5, 5.41) is 10.8. The summed E-state index contributed by atoms with van der Waals surface area (Å²) in [5.41, 5.74) is 1.54. The molecule has 1 aliphatic heterocycles. The summed E-state index contributed by atoms with van der Waals surface area (Å²) in [6, 6.07) is 11.2. The molecule has 3 rings (SSSR count). The third-order valence-corrected chi connectivity index (χ3v) is 6.24. The quantitative estimate of drug-likeness (QED) is 0.623. The van der Waals surface area contributed by atoms with Gasteiger partial charge in [0.05, 0.1) is 14.2 Å². The first-order valence-electron chi connectivity index (χ1n) is 10.3. The lowest BCUT2D eigenvalue weighted by molar-refractivity contribution is -0.134. The number of likely N-dealkylation sites (tertiary alicyclic amines) is 1. The molecule has 1 aliphatic rings. The highest BCUT2D eigenvalue weighted by Gasteiger charge is 2.31. The van der Waals surface area contributed by atoms with Crippen molar-refractivity contribution in [2.75, 3.05) is 27.3 Å². The van der Waals surface area contributed by atoms with Crippen LogP contribution in [-0.2, 0) is 4.79 Å². The number of carbonyl (C=O) groups is 1. The van der Waals surface area contributed by atoms with Gasteiger partial charge in [0.2, 0.25) is 5.91 Å². The van der Waals surface area contributed by atoms with Crippen molar-refractivity contribution in [2.24, 2.45) is 11.8 Å². The van der Waals surface area contributed by atoms with Crippen LogP contribution in [0.15, 0.2) is 40.9 Å². The average Bonchev–Trinajstić information content (AvgIpc) is 2.70. The van der Waals surface area contributed by atoms with E-state index < -0.39 is 0 Å². The number of hydrogen-bond acceptors (Lipinski definition) is 4. The van der Waals surface area contributed by atoms with Gasteiger partial charge >= 0.3 is 0 Å². The number of aromatic hydroxyl groups is 1. The van der Waals surface area contributed by atoms with E-state index in [1.807, 2.05) is 29.2 Å². The topological polar surface area (TPSA) is 59.0 Å². The molecule has 0 aliphatic carbocycles. The monoisotopic (exact) mass is 475 g/mol. The lowest BCUT2D eigenvalue weighted by Gasteiger charge is -2.36. The van der Waals surface area contributed by atoms with Crippen LogP contribution < -0.4 is 9.47 Å². The standard InChI is InChI=1S/C24H30BrNO4/c1-15-8-16(2)14-26(13-15)23(28)12-20(17-6-5-7-18(25)9-17)24-21(27)10-19(29-3)11-22(24)30-4/h5-7,9-11,15-16,20,27H,8,12-14H2,1-4H3. The number of ether oxygens (including phenoxy) is 2. The van der Waals surface area contributed by atoms with Crippen molar-refractivity contribution in [3.63, 3.8) is 0 Å². The van der Waals surface area contributed by atoms with Crippen molar-refractivity contribution in [1.29, 1.82) is 0 Å². The predicted octanol–water partition coefficient (Wildman–Crippen LogP) is 5.20. The van der Waals surface area contributed by atoms with Gasteiger partial charge in [0.25, 0.3) is 0 Å². The number of methoxy groups -OCH3 is 2. The molecule has 1 amide bonds. The number of nitrogens with zero attached hydrogens (tertiary/aromatic N) is 1. The number of phenolic OH excluding ortho intramolecular Hbond substituents is 1. The smallest absolute Gasteiger partial charge is 0.223 e. The highest BCUT2D eigenvalue weighted by Crippen LogP contribution is 2.43. The zero-order valence-electron chi connectivity index (χ0n) is 18.0. The number of hydrogen-bond donors (Lipinski definition) is 1. The number of halogens is 1. The summed E-state index contributed by atoms with van der Waals surface area (Å²) in [6.45, 7) is 5.94. The minimum atomic E-state index is -0.344. The van der Waals surface area contributed by atoms with Crippen LogP contribution in [-0.4, -0.2) is 43.2 Å². The van der Waals surface area contributed by atoms with Crippen molar-refractivity contribution in [3.05, 3.63) is 52.0 Å². The Morgan fingerprint density at radius 1 is 1.17 bits per heavy atom. The maximum absolute atomic E-state index is 13.3.